The summed E-state index contributed by atoms with van der Waals surface area (Å²) in [7, 11) is 0. The Kier molecular flexibility index (Phi) is 4.15. The van der Waals surface area contributed by atoms with Crippen molar-refractivity contribution in [2.75, 3.05) is 6.61 Å². The second kappa shape index (κ2) is 5.88. The molecule has 0 amide bonds. The molecular formula is C16H15Br2NO. The Bertz CT molecular complexity index is 642. The largest absolute Gasteiger partial charge is 0.493 e. The van der Waals surface area contributed by atoms with Gasteiger partial charge in [0.2, 0.25) is 0 Å². The fourth-order valence-corrected chi connectivity index (χ4v) is 3.45. The van der Waals surface area contributed by atoms with Crippen LogP contribution in [-0.4, -0.2) is 6.61 Å². The van der Waals surface area contributed by atoms with Crippen LogP contribution in [-0.2, 0) is 6.42 Å². The summed E-state index contributed by atoms with van der Waals surface area (Å²) in [5, 5.41) is 0. The molecule has 20 heavy (non-hydrogen) atoms. The van der Waals surface area contributed by atoms with Crippen LogP contribution in [0.4, 0.5) is 0 Å². The Hall–Kier alpha value is -0.840. The first-order valence-corrected chi connectivity index (χ1v) is 8.20. The first-order valence-electron chi connectivity index (χ1n) is 6.62. The highest BCUT2D eigenvalue weighted by Gasteiger charge is 2.21. The van der Waals surface area contributed by atoms with Gasteiger partial charge in [-0.3, -0.25) is 0 Å². The van der Waals surface area contributed by atoms with Crippen LogP contribution in [0.1, 0.15) is 29.2 Å². The molecule has 2 aromatic carbocycles. The Balaban J connectivity index is 2.06. The number of aryl methyl sites for hydroxylation is 1. The molecule has 1 aliphatic heterocycles. The van der Waals surface area contributed by atoms with Gasteiger partial charge in [-0.2, -0.15) is 0 Å². The van der Waals surface area contributed by atoms with Gasteiger partial charge in [0.05, 0.1) is 12.6 Å². The van der Waals surface area contributed by atoms with Gasteiger partial charge in [-0.1, -0.05) is 50.1 Å². The van der Waals surface area contributed by atoms with E-state index in [-0.39, 0.29) is 6.04 Å². The van der Waals surface area contributed by atoms with Crippen LogP contribution < -0.4 is 10.5 Å². The van der Waals surface area contributed by atoms with Crippen molar-refractivity contribution in [1.29, 1.82) is 0 Å². The topological polar surface area (TPSA) is 35.2 Å². The van der Waals surface area contributed by atoms with Crippen LogP contribution in [0.5, 0.6) is 5.75 Å². The number of hydrogen-bond donors (Lipinski definition) is 1. The van der Waals surface area contributed by atoms with Gasteiger partial charge >= 0.3 is 0 Å². The molecule has 0 fully saturated rings. The number of fused-ring (bicyclic) bond motifs is 1. The van der Waals surface area contributed by atoms with E-state index in [1.807, 2.05) is 12.1 Å². The SMILES string of the molecule is NC(c1cc(Br)ccc1Br)c1cccc2c1OCCC2. The number of halogens is 2. The van der Waals surface area contributed by atoms with Crippen LogP contribution in [0, 0.1) is 0 Å². The first kappa shape index (κ1) is 14.1. The van der Waals surface area contributed by atoms with Crippen molar-refractivity contribution in [3.8, 4) is 5.75 Å². The number of benzene rings is 2. The van der Waals surface area contributed by atoms with Gasteiger partial charge in [0.1, 0.15) is 5.75 Å². The third kappa shape index (κ3) is 2.65. The Labute approximate surface area is 135 Å². The van der Waals surface area contributed by atoms with Crippen LogP contribution in [0.2, 0.25) is 0 Å². The lowest BCUT2D eigenvalue weighted by Crippen LogP contribution is -2.17. The van der Waals surface area contributed by atoms with Crippen molar-refractivity contribution < 1.29 is 4.74 Å². The van der Waals surface area contributed by atoms with Crippen molar-refractivity contribution in [2.24, 2.45) is 5.73 Å². The lowest BCUT2D eigenvalue weighted by Gasteiger charge is -2.24. The van der Waals surface area contributed by atoms with Crippen LogP contribution in [0.3, 0.4) is 0 Å². The fraction of sp³-hybridized carbons (Fsp3) is 0.250. The third-order valence-electron chi connectivity index (χ3n) is 3.59. The predicted octanol–water partition coefficient (Wildman–Crippen LogP) is 4.58. The summed E-state index contributed by atoms with van der Waals surface area (Å²) in [6.45, 7) is 0.774. The van der Waals surface area contributed by atoms with E-state index in [4.69, 9.17) is 10.5 Å². The van der Waals surface area contributed by atoms with E-state index in [2.05, 4.69) is 56.1 Å². The molecule has 1 aliphatic rings. The molecule has 3 rings (SSSR count). The highest BCUT2D eigenvalue weighted by atomic mass is 79.9. The highest BCUT2D eigenvalue weighted by molar-refractivity contribution is 9.11. The summed E-state index contributed by atoms with van der Waals surface area (Å²) in [5.41, 5.74) is 9.85. The number of ether oxygens (including phenoxy) is 1. The number of nitrogens with two attached hydrogens (primary N) is 1. The quantitative estimate of drug-likeness (QED) is 0.805. The van der Waals surface area contributed by atoms with Crippen molar-refractivity contribution in [2.45, 2.75) is 18.9 Å². The summed E-state index contributed by atoms with van der Waals surface area (Å²) in [6, 6.07) is 12.1. The van der Waals surface area contributed by atoms with Gasteiger partial charge in [-0.15, -0.1) is 0 Å². The first-order chi connectivity index (χ1) is 9.66. The zero-order chi connectivity index (χ0) is 14.1. The molecule has 0 saturated carbocycles. The molecule has 0 aromatic heterocycles. The van der Waals surface area contributed by atoms with Crippen molar-refractivity contribution >= 4 is 31.9 Å². The van der Waals surface area contributed by atoms with E-state index in [0.29, 0.717) is 0 Å². The molecule has 1 atom stereocenters. The smallest absolute Gasteiger partial charge is 0.127 e. The van der Waals surface area contributed by atoms with Crippen molar-refractivity contribution in [3.63, 3.8) is 0 Å². The Morgan fingerprint density at radius 3 is 2.80 bits per heavy atom. The molecule has 0 bridgehead atoms. The van der Waals surface area contributed by atoms with Crippen LogP contribution in [0.15, 0.2) is 45.3 Å². The number of para-hydroxylation sites is 1. The molecule has 1 unspecified atom stereocenters. The molecule has 0 aliphatic carbocycles. The maximum atomic E-state index is 6.48. The van der Waals surface area contributed by atoms with Crippen LogP contribution >= 0.6 is 31.9 Å². The number of rotatable bonds is 2. The zero-order valence-corrected chi connectivity index (χ0v) is 14.1. The maximum Gasteiger partial charge on any atom is 0.127 e. The average Bonchev–Trinajstić information content (AvgIpc) is 2.48. The van der Waals surface area contributed by atoms with E-state index in [1.165, 1.54) is 5.56 Å². The molecule has 1 heterocycles. The second-order valence-electron chi connectivity index (χ2n) is 4.93. The highest BCUT2D eigenvalue weighted by Crippen LogP contribution is 2.37. The minimum absolute atomic E-state index is 0.199. The number of hydrogen-bond acceptors (Lipinski definition) is 2. The van der Waals surface area contributed by atoms with E-state index in [9.17, 15) is 0 Å². The summed E-state index contributed by atoms with van der Waals surface area (Å²) in [5.74, 6) is 0.970. The van der Waals surface area contributed by atoms with Gasteiger partial charge in [-0.25, -0.2) is 0 Å². The molecular weight excluding hydrogens is 382 g/mol. The molecule has 4 heteroatoms. The van der Waals surface area contributed by atoms with Gasteiger partial charge in [0, 0.05) is 14.5 Å². The average molecular weight is 397 g/mol. The molecule has 104 valence electrons. The lowest BCUT2D eigenvalue weighted by molar-refractivity contribution is 0.284. The lowest BCUT2D eigenvalue weighted by atomic mass is 9.94. The van der Waals surface area contributed by atoms with Gasteiger partial charge < -0.3 is 10.5 Å². The molecule has 2 N–H and O–H groups in total. The zero-order valence-electron chi connectivity index (χ0n) is 10.9. The van der Waals surface area contributed by atoms with Gasteiger partial charge in [0.15, 0.2) is 0 Å². The Morgan fingerprint density at radius 1 is 1.10 bits per heavy atom. The Morgan fingerprint density at radius 2 is 1.95 bits per heavy atom. The fourth-order valence-electron chi connectivity index (χ4n) is 2.58. The predicted molar refractivity (Wildman–Crippen MR) is 88.1 cm³/mol. The van der Waals surface area contributed by atoms with E-state index >= 15 is 0 Å². The monoisotopic (exact) mass is 395 g/mol. The second-order valence-corrected chi connectivity index (χ2v) is 6.70. The van der Waals surface area contributed by atoms with E-state index in [0.717, 1.165) is 45.3 Å². The van der Waals surface area contributed by atoms with Gasteiger partial charge in [0.25, 0.3) is 0 Å². The molecule has 0 radical (unpaired) electrons. The third-order valence-corrected chi connectivity index (χ3v) is 4.81. The van der Waals surface area contributed by atoms with Crippen molar-refractivity contribution in [1.82, 2.24) is 0 Å². The minimum Gasteiger partial charge on any atom is -0.493 e. The maximum absolute atomic E-state index is 6.48. The van der Waals surface area contributed by atoms with E-state index < -0.39 is 0 Å². The minimum atomic E-state index is -0.199. The standard InChI is InChI=1S/C16H15Br2NO/c17-11-6-7-14(18)13(9-11)15(19)12-5-1-3-10-4-2-8-20-16(10)12/h1,3,5-7,9,15H,2,4,8,19H2. The molecule has 0 saturated heterocycles. The van der Waals surface area contributed by atoms with E-state index in [1.54, 1.807) is 0 Å². The summed E-state index contributed by atoms with van der Waals surface area (Å²) >= 11 is 7.09. The molecule has 2 aromatic rings. The van der Waals surface area contributed by atoms with Gasteiger partial charge in [-0.05, 0) is 42.2 Å². The summed E-state index contributed by atoms with van der Waals surface area (Å²) in [4.78, 5) is 0. The van der Waals surface area contributed by atoms with Crippen molar-refractivity contribution in [3.05, 3.63) is 62.0 Å². The van der Waals surface area contributed by atoms with Crippen LogP contribution in [0.25, 0.3) is 0 Å². The molecule has 0 spiro atoms. The molecule has 2 nitrogen and oxygen atoms in total. The summed E-state index contributed by atoms with van der Waals surface area (Å²) in [6.07, 6.45) is 2.14. The summed E-state index contributed by atoms with van der Waals surface area (Å²) < 4.78 is 7.90. The normalized spacial score (nSPS) is 15.3.